The Morgan fingerprint density at radius 1 is 1.00 bits per heavy atom. The van der Waals surface area contributed by atoms with Crippen LogP contribution < -0.4 is 10.6 Å². The number of hydrogen-bond donors (Lipinski definition) is 2. The van der Waals surface area contributed by atoms with Gasteiger partial charge < -0.3 is 10.6 Å². The summed E-state index contributed by atoms with van der Waals surface area (Å²) in [6, 6.07) is 18.9. The average Bonchev–Trinajstić information content (AvgIpc) is 2.68. The highest BCUT2D eigenvalue weighted by atomic mass is 16.1. The van der Waals surface area contributed by atoms with Crippen molar-refractivity contribution in [1.82, 2.24) is 15.5 Å². The van der Waals surface area contributed by atoms with Gasteiger partial charge >= 0.3 is 0 Å². The predicted molar refractivity (Wildman–Crippen MR) is 106 cm³/mol. The Balaban J connectivity index is 1.30. The lowest BCUT2D eigenvalue weighted by Gasteiger charge is -2.32. The van der Waals surface area contributed by atoms with Crippen molar-refractivity contribution in [3.05, 3.63) is 71.3 Å². The molecule has 0 atom stereocenters. The second-order valence-corrected chi connectivity index (χ2v) is 7.11. The van der Waals surface area contributed by atoms with E-state index in [4.69, 9.17) is 0 Å². The van der Waals surface area contributed by atoms with E-state index in [0.717, 1.165) is 31.7 Å². The Morgan fingerprint density at radius 3 is 2.38 bits per heavy atom. The predicted octanol–water partition coefficient (Wildman–Crippen LogP) is 2.98. The number of hydrogen-bond acceptors (Lipinski definition) is 3. The van der Waals surface area contributed by atoms with Gasteiger partial charge in [-0.1, -0.05) is 48.0 Å². The average molecular weight is 351 g/mol. The van der Waals surface area contributed by atoms with Crippen LogP contribution in [0.4, 0.5) is 0 Å². The van der Waals surface area contributed by atoms with E-state index < -0.39 is 0 Å². The maximum absolute atomic E-state index is 12.1. The molecule has 0 radical (unpaired) electrons. The summed E-state index contributed by atoms with van der Waals surface area (Å²) in [5.74, 6) is 0.00415. The summed E-state index contributed by atoms with van der Waals surface area (Å²) >= 11 is 0. The number of likely N-dealkylation sites (tertiary alicyclic amines) is 1. The van der Waals surface area contributed by atoms with Crippen LogP contribution in [0.3, 0.4) is 0 Å². The highest BCUT2D eigenvalue weighted by Gasteiger charge is 2.18. The van der Waals surface area contributed by atoms with Crippen LogP contribution in [0.5, 0.6) is 0 Å². The Hall–Kier alpha value is -2.17. The van der Waals surface area contributed by atoms with Gasteiger partial charge in [0.2, 0.25) is 0 Å². The number of carbonyl (C=O) groups excluding carboxylic acids is 1. The molecule has 0 aromatic heterocycles. The van der Waals surface area contributed by atoms with E-state index in [1.807, 2.05) is 31.2 Å². The standard InChI is InChI=1S/C22H29N3O/c1-18-7-9-20(10-8-18)22(26)24-14-13-23-21-11-15-25(16-12-21)17-19-5-3-2-4-6-19/h2-10,21,23H,11-17H2,1H3,(H,24,26). The topological polar surface area (TPSA) is 44.4 Å². The highest BCUT2D eigenvalue weighted by Crippen LogP contribution is 2.13. The van der Waals surface area contributed by atoms with E-state index >= 15 is 0 Å². The fourth-order valence-electron chi connectivity index (χ4n) is 3.40. The third-order valence-corrected chi connectivity index (χ3v) is 4.99. The van der Waals surface area contributed by atoms with Crippen molar-refractivity contribution < 1.29 is 4.79 Å². The molecule has 2 aromatic rings. The first-order chi connectivity index (χ1) is 12.7. The van der Waals surface area contributed by atoms with Gasteiger partial charge in [0.1, 0.15) is 0 Å². The van der Waals surface area contributed by atoms with Gasteiger partial charge in [0, 0.05) is 31.2 Å². The molecule has 4 nitrogen and oxygen atoms in total. The lowest BCUT2D eigenvalue weighted by molar-refractivity contribution is 0.0953. The molecule has 0 aliphatic carbocycles. The van der Waals surface area contributed by atoms with Crippen LogP contribution in [0, 0.1) is 6.92 Å². The number of amides is 1. The number of nitrogens with zero attached hydrogens (tertiary/aromatic N) is 1. The number of rotatable bonds is 7. The van der Waals surface area contributed by atoms with E-state index in [9.17, 15) is 4.79 Å². The maximum atomic E-state index is 12.1. The Kier molecular flexibility index (Phi) is 6.81. The minimum Gasteiger partial charge on any atom is -0.351 e. The van der Waals surface area contributed by atoms with E-state index in [1.54, 1.807) is 0 Å². The van der Waals surface area contributed by atoms with Crippen molar-refractivity contribution in [1.29, 1.82) is 0 Å². The molecule has 0 saturated carbocycles. The van der Waals surface area contributed by atoms with Gasteiger partial charge in [-0.15, -0.1) is 0 Å². The summed E-state index contributed by atoms with van der Waals surface area (Å²) in [4.78, 5) is 14.6. The summed E-state index contributed by atoms with van der Waals surface area (Å²) in [5.41, 5.74) is 3.28. The van der Waals surface area contributed by atoms with E-state index in [1.165, 1.54) is 24.0 Å². The molecule has 2 N–H and O–H groups in total. The Morgan fingerprint density at radius 2 is 1.69 bits per heavy atom. The van der Waals surface area contributed by atoms with Crippen LogP contribution in [0.15, 0.2) is 54.6 Å². The second kappa shape index (κ2) is 9.51. The first-order valence-electron chi connectivity index (χ1n) is 9.55. The van der Waals surface area contributed by atoms with Gasteiger partial charge in [0.15, 0.2) is 0 Å². The molecule has 1 aliphatic rings. The van der Waals surface area contributed by atoms with Crippen LogP contribution in [0.1, 0.15) is 34.3 Å². The molecular formula is C22H29N3O. The summed E-state index contributed by atoms with van der Waals surface area (Å²) in [6.07, 6.45) is 2.33. The molecule has 1 amide bonds. The van der Waals surface area contributed by atoms with Crippen LogP contribution in [-0.4, -0.2) is 43.0 Å². The molecular weight excluding hydrogens is 322 g/mol. The third-order valence-electron chi connectivity index (χ3n) is 4.99. The van der Waals surface area contributed by atoms with E-state index in [0.29, 0.717) is 12.6 Å². The molecule has 0 unspecified atom stereocenters. The minimum absolute atomic E-state index is 0.00415. The molecule has 1 saturated heterocycles. The largest absolute Gasteiger partial charge is 0.351 e. The monoisotopic (exact) mass is 351 g/mol. The molecule has 1 aliphatic heterocycles. The van der Waals surface area contributed by atoms with Crippen LogP contribution in [-0.2, 0) is 6.54 Å². The lowest BCUT2D eigenvalue weighted by Crippen LogP contribution is -2.44. The summed E-state index contributed by atoms with van der Waals surface area (Å²) < 4.78 is 0. The molecule has 3 rings (SSSR count). The minimum atomic E-state index is 0.00415. The second-order valence-electron chi connectivity index (χ2n) is 7.11. The molecule has 138 valence electrons. The van der Waals surface area contributed by atoms with Crippen LogP contribution in [0.2, 0.25) is 0 Å². The van der Waals surface area contributed by atoms with Gasteiger partial charge in [-0.05, 0) is 50.6 Å². The first kappa shape index (κ1) is 18.6. The normalized spacial score (nSPS) is 15.7. The molecule has 1 heterocycles. The van der Waals surface area contributed by atoms with Crippen molar-refractivity contribution in [2.45, 2.75) is 32.4 Å². The number of carbonyl (C=O) groups is 1. The van der Waals surface area contributed by atoms with Crippen molar-refractivity contribution in [3.8, 4) is 0 Å². The zero-order valence-electron chi connectivity index (χ0n) is 15.6. The maximum Gasteiger partial charge on any atom is 0.251 e. The van der Waals surface area contributed by atoms with Gasteiger partial charge in [0.25, 0.3) is 5.91 Å². The fraction of sp³-hybridized carbons (Fsp3) is 0.409. The zero-order valence-corrected chi connectivity index (χ0v) is 15.6. The Labute approximate surface area is 156 Å². The summed E-state index contributed by atoms with van der Waals surface area (Å²) in [6.45, 7) is 6.80. The van der Waals surface area contributed by atoms with Crippen molar-refractivity contribution in [2.75, 3.05) is 26.2 Å². The SMILES string of the molecule is Cc1ccc(C(=O)NCCNC2CCN(Cc3ccccc3)CC2)cc1. The lowest BCUT2D eigenvalue weighted by atomic mass is 10.0. The third kappa shape index (κ3) is 5.68. The van der Waals surface area contributed by atoms with Gasteiger partial charge in [0.05, 0.1) is 0 Å². The highest BCUT2D eigenvalue weighted by molar-refractivity contribution is 5.94. The zero-order chi connectivity index (χ0) is 18.2. The van der Waals surface area contributed by atoms with Crippen LogP contribution in [0.25, 0.3) is 0 Å². The summed E-state index contributed by atoms with van der Waals surface area (Å²) in [7, 11) is 0. The quantitative estimate of drug-likeness (QED) is 0.754. The first-order valence-corrected chi connectivity index (χ1v) is 9.55. The van der Waals surface area contributed by atoms with Crippen molar-refractivity contribution in [2.24, 2.45) is 0 Å². The smallest absolute Gasteiger partial charge is 0.251 e. The molecule has 0 bridgehead atoms. The number of aryl methyl sites for hydroxylation is 1. The number of piperidine rings is 1. The molecule has 26 heavy (non-hydrogen) atoms. The van der Waals surface area contributed by atoms with Crippen molar-refractivity contribution in [3.63, 3.8) is 0 Å². The molecule has 2 aromatic carbocycles. The van der Waals surface area contributed by atoms with Gasteiger partial charge in [-0.2, -0.15) is 0 Å². The molecule has 1 fully saturated rings. The number of benzene rings is 2. The van der Waals surface area contributed by atoms with Crippen LogP contribution >= 0.6 is 0 Å². The molecule has 4 heteroatoms. The molecule has 0 spiro atoms. The Bertz CT molecular complexity index is 676. The van der Waals surface area contributed by atoms with E-state index in [2.05, 4.69) is 45.9 Å². The number of nitrogens with one attached hydrogen (secondary N) is 2. The summed E-state index contributed by atoms with van der Waals surface area (Å²) in [5, 5.41) is 6.57. The fourth-order valence-corrected chi connectivity index (χ4v) is 3.40. The van der Waals surface area contributed by atoms with Crippen molar-refractivity contribution >= 4 is 5.91 Å². The van der Waals surface area contributed by atoms with Gasteiger partial charge in [-0.25, -0.2) is 0 Å². The van der Waals surface area contributed by atoms with Gasteiger partial charge in [-0.3, -0.25) is 9.69 Å². The van der Waals surface area contributed by atoms with E-state index in [-0.39, 0.29) is 5.91 Å².